The van der Waals surface area contributed by atoms with Gasteiger partial charge >= 0.3 is 15.0 Å². The molecule has 0 aliphatic heterocycles. The Morgan fingerprint density at radius 2 is 1.38 bits per heavy atom. The number of benzene rings is 2. The Labute approximate surface area is 249 Å². The van der Waals surface area contributed by atoms with Gasteiger partial charge in [-0.25, -0.2) is 4.79 Å². The zero-order valence-electron chi connectivity index (χ0n) is 25.0. The van der Waals surface area contributed by atoms with Crippen LogP contribution >= 0.6 is 0 Å². The number of methoxy groups -OCH3 is 1. The second-order valence-corrected chi connectivity index (χ2v) is 12.3. The van der Waals surface area contributed by atoms with Gasteiger partial charge in [0.25, 0.3) is 0 Å². The molecule has 0 aromatic heterocycles. The van der Waals surface area contributed by atoms with Gasteiger partial charge in [0.2, 0.25) is 12.3 Å². The molecule has 0 aliphatic carbocycles. The van der Waals surface area contributed by atoms with Crippen molar-refractivity contribution in [2.45, 2.75) is 45.1 Å². The molecule has 0 heterocycles. The van der Waals surface area contributed by atoms with Crippen molar-refractivity contribution < 1.29 is 41.8 Å². The van der Waals surface area contributed by atoms with Crippen LogP contribution in [0.1, 0.15) is 37.3 Å². The van der Waals surface area contributed by atoms with Crippen LogP contribution in [-0.2, 0) is 43.4 Å². The van der Waals surface area contributed by atoms with Gasteiger partial charge in [0.05, 0.1) is 19.8 Å². The summed E-state index contributed by atoms with van der Waals surface area (Å²) in [6, 6.07) is 16.2. The Kier molecular flexibility index (Phi) is 16.7. The number of ether oxygens (including phenoxy) is 4. The maximum Gasteiger partial charge on any atom is 0.508 e. The molecule has 0 bridgehead atoms. The minimum atomic E-state index is -3.08. The van der Waals surface area contributed by atoms with E-state index in [-0.39, 0.29) is 25.7 Å². The van der Waals surface area contributed by atoms with E-state index in [4.69, 9.17) is 38.0 Å². The molecule has 0 saturated carbocycles. The fraction of sp³-hybridized carbons (Fsp3) is 0.517. The van der Waals surface area contributed by atoms with Gasteiger partial charge in [0, 0.05) is 65.1 Å². The molecule has 0 saturated heterocycles. The van der Waals surface area contributed by atoms with Crippen LogP contribution in [0.2, 0.25) is 6.04 Å². The molecule has 42 heavy (non-hydrogen) atoms. The van der Waals surface area contributed by atoms with Gasteiger partial charge in [0.1, 0.15) is 0 Å². The first-order chi connectivity index (χ1) is 20.3. The lowest BCUT2D eigenvalue weighted by molar-refractivity contribution is -0.114. The average molecular weight is 608 g/mol. The Morgan fingerprint density at radius 3 is 1.90 bits per heavy atom. The zero-order valence-corrected chi connectivity index (χ0v) is 26.0. The van der Waals surface area contributed by atoms with E-state index < -0.39 is 21.4 Å². The number of nitrogens with one attached hydrogen (secondary N) is 2. The van der Waals surface area contributed by atoms with Gasteiger partial charge in [-0.3, -0.25) is 4.79 Å². The summed E-state index contributed by atoms with van der Waals surface area (Å²) in [4.78, 5) is 22.9. The SMILES string of the molecule is COCCCOC(=O)OCCCOC(Nc1ccc(Cc2ccc(NC(C)=O)cc2)cc1)O[Si](CCCN)(OC)OC. The van der Waals surface area contributed by atoms with Gasteiger partial charge < -0.3 is 48.6 Å². The second-order valence-electron chi connectivity index (χ2n) is 9.35. The predicted octanol–water partition coefficient (Wildman–Crippen LogP) is 4.12. The van der Waals surface area contributed by atoms with E-state index >= 15 is 0 Å². The highest BCUT2D eigenvalue weighted by Crippen LogP contribution is 2.21. The third kappa shape index (κ3) is 13.7. The number of nitrogens with two attached hydrogens (primary N) is 1. The number of hydrogen-bond acceptors (Lipinski definition) is 11. The summed E-state index contributed by atoms with van der Waals surface area (Å²) in [5.74, 6) is -0.102. The molecule has 2 aromatic carbocycles. The molecular weight excluding hydrogens is 562 g/mol. The molecule has 4 N–H and O–H groups in total. The van der Waals surface area contributed by atoms with Crippen molar-refractivity contribution in [3.63, 3.8) is 0 Å². The third-order valence-corrected chi connectivity index (χ3v) is 8.79. The van der Waals surface area contributed by atoms with E-state index in [1.807, 2.05) is 48.5 Å². The summed E-state index contributed by atoms with van der Waals surface area (Å²) in [7, 11) is 1.61. The van der Waals surface area contributed by atoms with Crippen LogP contribution in [0.3, 0.4) is 0 Å². The highest BCUT2D eigenvalue weighted by molar-refractivity contribution is 6.60. The summed E-state index contributed by atoms with van der Waals surface area (Å²) in [6.07, 6.45) is 0.805. The number of carbonyl (C=O) groups is 2. The van der Waals surface area contributed by atoms with E-state index in [2.05, 4.69) is 10.6 Å². The number of hydrogen-bond donors (Lipinski definition) is 3. The molecular formula is C29H45N3O9Si. The first-order valence-electron chi connectivity index (χ1n) is 13.9. The number of anilines is 2. The fourth-order valence-corrected chi connectivity index (χ4v) is 5.81. The van der Waals surface area contributed by atoms with Crippen LogP contribution in [0.25, 0.3) is 0 Å². The maximum absolute atomic E-state index is 11.7. The normalized spacial score (nSPS) is 12.0. The molecule has 1 unspecified atom stereocenters. The van der Waals surface area contributed by atoms with Crippen LogP contribution in [0.5, 0.6) is 0 Å². The van der Waals surface area contributed by atoms with Gasteiger partial charge in [-0.2, -0.15) is 0 Å². The average Bonchev–Trinajstić information content (AvgIpc) is 2.99. The summed E-state index contributed by atoms with van der Waals surface area (Å²) in [5, 5.41) is 6.02. The molecule has 2 rings (SSSR count). The Balaban J connectivity index is 1.97. The van der Waals surface area contributed by atoms with E-state index in [1.165, 1.54) is 6.92 Å². The number of carbonyl (C=O) groups excluding carboxylic acids is 2. The van der Waals surface area contributed by atoms with Crippen LogP contribution in [0.4, 0.5) is 16.2 Å². The van der Waals surface area contributed by atoms with E-state index in [9.17, 15) is 9.59 Å². The maximum atomic E-state index is 11.7. The van der Waals surface area contributed by atoms with E-state index in [0.29, 0.717) is 38.5 Å². The van der Waals surface area contributed by atoms with Crippen molar-refractivity contribution in [1.29, 1.82) is 0 Å². The monoisotopic (exact) mass is 607 g/mol. The van der Waals surface area contributed by atoms with Crippen LogP contribution in [0.15, 0.2) is 48.5 Å². The molecule has 13 heteroatoms. The van der Waals surface area contributed by atoms with Crippen molar-refractivity contribution in [2.24, 2.45) is 5.73 Å². The predicted molar refractivity (Wildman–Crippen MR) is 161 cm³/mol. The molecule has 12 nitrogen and oxygen atoms in total. The Morgan fingerprint density at radius 1 is 0.810 bits per heavy atom. The van der Waals surface area contributed by atoms with E-state index in [1.54, 1.807) is 21.3 Å². The standard InChI is InChI=1S/C29H45N3O9Si/c1-23(33)31-26-12-8-24(9-13-26)22-25-10-14-27(15-11-25)32-28(41-42(36-3,37-4)21-5-16-30)38-18-7-20-40-29(34)39-19-6-17-35-2/h8-15,28,32H,5-7,16-22,30H2,1-4H3,(H,31,33). The van der Waals surface area contributed by atoms with E-state index in [0.717, 1.165) is 28.9 Å². The van der Waals surface area contributed by atoms with Gasteiger partial charge in [-0.15, -0.1) is 0 Å². The molecule has 234 valence electrons. The van der Waals surface area contributed by atoms with Gasteiger partial charge in [-0.1, -0.05) is 24.3 Å². The minimum absolute atomic E-state index is 0.102. The van der Waals surface area contributed by atoms with Crippen LogP contribution in [-0.4, -0.2) is 81.6 Å². The lowest BCUT2D eigenvalue weighted by Gasteiger charge is -2.31. The molecule has 0 spiro atoms. The van der Waals surface area contributed by atoms with Crippen LogP contribution < -0.4 is 16.4 Å². The fourth-order valence-electron chi connectivity index (χ4n) is 3.83. The summed E-state index contributed by atoms with van der Waals surface area (Å²) in [6.45, 7) is 3.05. The van der Waals surface area contributed by atoms with Crippen molar-refractivity contribution in [3.8, 4) is 0 Å². The molecule has 0 aliphatic rings. The summed E-state index contributed by atoms with van der Waals surface area (Å²) < 4.78 is 38.6. The van der Waals surface area contributed by atoms with Crippen molar-refractivity contribution in [1.82, 2.24) is 0 Å². The number of rotatable bonds is 21. The Bertz CT molecular complexity index is 1040. The van der Waals surface area contributed by atoms with Crippen molar-refractivity contribution in [3.05, 3.63) is 59.7 Å². The van der Waals surface area contributed by atoms with Crippen molar-refractivity contribution >= 4 is 32.2 Å². The van der Waals surface area contributed by atoms with Gasteiger partial charge in [-0.05, 0) is 54.8 Å². The second kappa shape index (κ2) is 20.0. The highest BCUT2D eigenvalue weighted by Gasteiger charge is 2.41. The summed E-state index contributed by atoms with van der Waals surface area (Å²) >= 11 is 0. The molecule has 1 atom stereocenters. The number of amides is 1. The third-order valence-electron chi connectivity index (χ3n) is 6.01. The molecule has 0 radical (unpaired) electrons. The zero-order chi connectivity index (χ0) is 30.6. The lowest BCUT2D eigenvalue weighted by Crippen LogP contribution is -2.49. The largest absolute Gasteiger partial charge is 0.508 e. The van der Waals surface area contributed by atoms with Gasteiger partial charge in [0.15, 0.2) is 0 Å². The molecule has 0 fully saturated rings. The minimum Gasteiger partial charge on any atom is -0.434 e. The topological polar surface area (TPSA) is 149 Å². The lowest BCUT2D eigenvalue weighted by atomic mass is 10.0. The van der Waals surface area contributed by atoms with Crippen LogP contribution in [0, 0.1) is 0 Å². The highest BCUT2D eigenvalue weighted by atomic mass is 28.4. The molecule has 2 aromatic rings. The smallest absolute Gasteiger partial charge is 0.434 e. The molecule has 1 amide bonds. The Hall–Kier alpha value is -3.04. The van der Waals surface area contributed by atoms with Crippen molar-refractivity contribution in [2.75, 3.05) is 64.9 Å². The quantitative estimate of drug-likeness (QED) is 0.0814. The summed E-state index contributed by atoms with van der Waals surface area (Å²) in [5.41, 5.74) is 9.48. The first kappa shape index (κ1) is 35.2. The first-order valence-corrected chi connectivity index (χ1v) is 15.9.